The standard InChI is InChI=1S/C20H21N5OS/c26-19-6-5-17(24-19)14-25(12-15-3-1-7-21-9-15)13-16-10-22-20(23-11-16)18-4-2-8-27-18/h1-4,7-11,17H,5-6,12-14H2,(H,24,26). The van der Waals surface area contributed by atoms with Crippen LogP contribution in [-0.2, 0) is 17.9 Å². The van der Waals surface area contributed by atoms with Gasteiger partial charge in [-0.05, 0) is 29.5 Å². The van der Waals surface area contributed by atoms with Gasteiger partial charge in [-0.1, -0.05) is 12.1 Å². The minimum absolute atomic E-state index is 0.143. The van der Waals surface area contributed by atoms with Crippen LogP contribution in [-0.4, -0.2) is 38.3 Å². The van der Waals surface area contributed by atoms with Crippen LogP contribution in [0.2, 0.25) is 0 Å². The molecule has 138 valence electrons. The quantitative estimate of drug-likeness (QED) is 0.683. The molecule has 1 fully saturated rings. The molecule has 0 saturated carbocycles. The number of hydrogen-bond acceptors (Lipinski definition) is 6. The molecule has 0 radical (unpaired) electrons. The van der Waals surface area contributed by atoms with Crippen LogP contribution in [0.3, 0.4) is 0 Å². The van der Waals surface area contributed by atoms with E-state index in [1.54, 1.807) is 17.5 Å². The summed E-state index contributed by atoms with van der Waals surface area (Å²) in [7, 11) is 0. The molecule has 6 nitrogen and oxygen atoms in total. The topological polar surface area (TPSA) is 71.0 Å². The molecule has 1 amide bonds. The number of carbonyl (C=O) groups is 1. The summed E-state index contributed by atoms with van der Waals surface area (Å²) in [6, 6.07) is 8.24. The van der Waals surface area contributed by atoms with Crippen LogP contribution in [0.5, 0.6) is 0 Å². The third-order valence-electron chi connectivity index (χ3n) is 4.55. The monoisotopic (exact) mass is 379 g/mol. The van der Waals surface area contributed by atoms with Crippen LogP contribution >= 0.6 is 11.3 Å². The predicted octanol–water partition coefficient (Wildman–Crippen LogP) is 2.88. The van der Waals surface area contributed by atoms with E-state index in [4.69, 9.17) is 0 Å². The van der Waals surface area contributed by atoms with E-state index >= 15 is 0 Å². The van der Waals surface area contributed by atoms with E-state index in [1.807, 2.05) is 42.2 Å². The van der Waals surface area contributed by atoms with Crippen molar-refractivity contribution < 1.29 is 4.79 Å². The number of nitrogens with one attached hydrogen (secondary N) is 1. The van der Waals surface area contributed by atoms with Crippen LogP contribution < -0.4 is 5.32 Å². The SMILES string of the molecule is O=C1CCC(CN(Cc2cccnc2)Cc2cnc(-c3cccs3)nc2)N1. The molecule has 3 aromatic rings. The Morgan fingerprint density at radius 3 is 2.63 bits per heavy atom. The van der Waals surface area contributed by atoms with E-state index in [0.29, 0.717) is 6.42 Å². The molecule has 0 bridgehead atoms. The van der Waals surface area contributed by atoms with Crippen molar-refractivity contribution in [3.8, 4) is 10.7 Å². The van der Waals surface area contributed by atoms with Gasteiger partial charge in [0, 0.05) is 62.4 Å². The van der Waals surface area contributed by atoms with Gasteiger partial charge < -0.3 is 5.32 Å². The van der Waals surface area contributed by atoms with Crippen molar-refractivity contribution in [2.75, 3.05) is 6.54 Å². The molecule has 7 heteroatoms. The van der Waals surface area contributed by atoms with Crippen LogP contribution in [0.15, 0.2) is 54.4 Å². The maximum Gasteiger partial charge on any atom is 0.220 e. The Labute approximate surface area is 162 Å². The van der Waals surface area contributed by atoms with Crippen LogP contribution in [0.1, 0.15) is 24.0 Å². The molecule has 1 aliphatic heterocycles. The second-order valence-electron chi connectivity index (χ2n) is 6.73. The number of thiophene rings is 1. The van der Waals surface area contributed by atoms with Crippen molar-refractivity contribution in [3.05, 3.63) is 65.6 Å². The molecule has 4 heterocycles. The van der Waals surface area contributed by atoms with E-state index in [2.05, 4.69) is 31.2 Å². The summed E-state index contributed by atoms with van der Waals surface area (Å²) in [4.78, 5) is 28.2. The highest BCUT2D eigenvalue weighted by Crippen LogP contribution is 2.21. The van der Waals surface area contributed by atoms with E-state index in [-0.39, 0.29) is 11.9 Å². The van der Waals surface area contributed by atoms with Crippen molar-refractivity contribution in [3.63, 3.8) is 0 Å². The van der Waals surface area contributed by atoms with Gasteiger partial charge >= 0.3 is 0 Å². The largest absolute Gasteiger partial charge is 0.352 e. The Morgan fingerprint density at radius 1 is 1.11 bits per heavy atom. The van der Waals surface area contributed by atoms with Crippen molar-refractivity contribution in [1.29, 1.82) is 0 Å². The average molecular weight is 379 g/mol. The fourth-order valence-electron chi connectivity index (χ4n) is 3.29. The molecule has 1 N–H and O–H groups in total. The first kappa shape index (κ1) is 17.8. The number of amides is 1. The maximum absolute atomic E-state index is 11.5. The van der Waals surface area contributed by atoms with E-state index < -0.39 is 0 Å². The lowest BCUT2D eigenvalue weighted by Crippen LogP contribution is -2.38. The highest BCUT2D eigenvalue weighted by atomic mass is 32.1. The van der Waals surface area contributed by atoms with E-state index in [1.165, 1.54) is 0 Å². The summed E-state index contributed by atoms with van der Waals surface area (Å²) in [5.41, 5.74) is 2.21. The number of aromatic nitrogens is 3. The van der Waals surface area contributed by atoms with Gasteiger partial charge in [0.1, 0.15) is 0 Å². The van der Waals surface area contributed by atoms with Crippen LogP contribution in [0.4, 0.5) is 0 Å². The van der Waals surface area contributed by atoms with Crippen molar-refractivity contribution in [1.82, 2.24) is 25.2 Å². The van der Waals surface area contributed by atoms with Gasteiger partial charge in [0.15, 0.2) is 5.82 Å². The van der Waals surface area contributed by atoms with Gasteiger partial charge in [-0.3, -0.25) is 14.7 Å². The first-order valence-electron chi connectivity index (χ1n) is 9.02. The zero-order valence-corrected chi connectivity index (χ0v) is 15.7. The predicted molar refractivity (Wildman–Crippen MR) is 105 cm³/mol. The number of pyridine rings is 1. The molecule has 4 rings (SSSR count). The number of rotatable bonds is 7. The number of hydrogen-bond donors (Lipinski definition) is 1. The fourth-order valence-corrected chi connectivity index (χ4v) is 3.96. The number of carbonyl (C=O) groups excluding carboxylic acids is 1. The molecular weight excluding hydrogens is 358 g/mol. The van der Waals surface area contributed by atoms with Gasteiger partial charge in [0.2, 0.25) is 5.91 Å². The molecule has 0 spiro atoms. The molecule has 0 aromatic carbocycles. The Kier molecular flexibility index (Phi) is 5.50. The van der Waals surface area contributed by atoms with Gasteiger partial charge in [0.25, 0.3) is 0 Å². The van der Waals surface area contributed by atoms with Crippen molar-refractivity contribution >= 4 is 17.2 Å². The molecule has 1 saturated heterocycles. The van der Waals surface area contributed by atoms with Gasteiger partial charge in [-0.15, -0.1) is 11.3 Å². The van der Waals surface area contributed by atoms with Crippen LogP contribution in [0.25, 0.3) is 10.7 Å². The molecule has 27 heavy (non-hydrogen) atoms. The summed E-state index contributed by atoms with van der Waals surface area (Å²) in [6.45, 7) is 2.30. The van der Waals surface area contributed by atoms with Crippen molar-refractivity contribution in [2.45, 2.75) is 32.0 Å². The van der Waals surface area contributed by atoms with Crippen molar-refractivity contribution in [2.24, 2.45) is 0 Å². The number of nitrogens with zero attached hydrogens (tertiary/aromatic N) is 4. The Bertz CT molecular complexity index is 867. The lowest BCUT2D eigenvalue weighted by Gasteiger charge is -2.25. The molecular formula is C20H21N5OS. The first-order chi connectivity index (χ1) is 13.3. The Morgan fingerprint density at radius 2 is 1.96 bits per heavy atom. The summed E-state index contributed by atoms with van der Waals surface area (Å²) in [6.07, 6.45) is 8.95. The minimum atomic E-state index is 0.143. The summed E-state index contributed by atoms with van der Waals surface area (Å²) in [5, 5.41) is 5.08. The van der Waals surface area contributed by atoms with Gasteiger partial charge in [-0.2, -0.15) is 0 Å². The maximum atomic E-state index is 11.5. The van der Waals surface area contributed by atoms with Gasteiger partial charge in [-0.25, -0.2) is 9.97 Å². The first-order valence-corrected chi connectivity index (χ1v) is 9.89. The Balaban J connectivity index is 1.46. The Hall–Kier alpha value is -2.64. The van der Waals surface area contributed by atoms with Gasteiger partial charge in [0.05, 0.1) is 4.88 Å². The zero-order chi connectivity index (χ0) is 18.5. The second-order valence-corrected chi connectivity index (χ2v) is 7.67. The third kappa shape index (κ3) is 4.75. The minimum Gasteiger partial charge on any atom is -0.352 e. The highest BCUT2D eigenvalue weighted by Gasteiger charge is 2.23. The second kappa shape index (κ2) is 8.37. The van der Waals surface area contributed by atoms with E-state index in [0.717, 1.165) is 47.9 Å². The molecule has 1 aliphatic rings. The molecule has 3 aromatic heterocycles. The highest BCUT2D eigenvalue weighted by molar-refractivity contribution is 7.13. The summed E-state index contributed by atoms with van der Waals surface area (Å²) >= 11 is 1.64. The smallest absolute Gasteiger partial charge is 0.220 e. The molecule has 1 unspecified atom stereocenters. The summed E-state index contributed by atoms with van der Waals surface area (Å²) in [5.74, 6) is 0.903. The fraction of sp³-hybridized carbons (Fsp3) is 0.300. The third-order valence-corrected chi connectivity index (χ3v) is 5.41. The summed E-state index contributed by atoms with van der Waals surface area (Å²) < 4.78 is 0. The molecule has 1 atom stereocenters. The average Bonchev–Trinajstić information content (AvgIpc) is 3.35. The van der Waals surface area contributed by atoms with Crippen LogP contribution in [0, 0.1) is 0 Å². The normalized spacial score (nSPS) is 16.6. The lowest BCUT2D eigenvalue weighted by molar-refractivity contribution is -0.119. The zero-order valence-electron chi connectivity index (χ0n) is 14.9. The molecule has 0 aliphatic carbocycles. The van der Waals surface area contributed by atoms with E-state index in [9.17, 15) is 4.79 Å². The lowest BCUT2D eigenvalue weighted by atomic mass is 10.1.